The van der Waals surface area contributed by atoms with Gasteiger partial charge in [0.15, 0.2) is 0 Å². The molecule has 0 aliphatic carbocycles. The van der Waals surface area contributed by atoms with Crippen LogP contribution in [0, 0.1) is 0 Å². The van der Waals surface area contributed by atoms with Gasteiger partial charge in [0, 0.05) is 12.8 Å². The number of nitrogens with one attached hydrogen (secondary N) is 1. The number of carbonyl (C=O) groups is 5. The van der Waals surface area contributed by atoms with E-state index in [0.29, 0.717) is 13.0 Å². The van der Waals surface area contributed by atoms with Crippen molar-refractivity contribution in [3.8, 4) is 5.75 Å². The van der Waals surface area contributed by atoms with Crippen LogP contribution in [-0.4, -0.2) is 57.6 Å². The van der Waals surface area contributed by atoms with Crippen LogP contribution in [0.3, 0.4) is 0 Å². The van der Waals surface area contributed by atoms with E-state index in [-0.39, 0.29) is 47.8 Å². The van der Waals surface area contributed by atoms with Crippen molar-refractivity contribution in [3.63, 3.8) is 0 Å². The number of unbranched alkanes of at least 4 members (excludes halogenated alkanes) is 6. The second-order valence-corrected chi connectivity index (χ2v) is 8.13. The summed E-state index contributed by atoms with van der Waals surface area (Å²) in [6.45, 7) is 1.72. The molecule has 0 aromatic heterocycles. The van der Waals surface area contributed by atoms with Gasteiger partial charge in [0.05, 0.1) is 17.7 Å². The Bertz CT molecular complexity index is 834. The normalized spacial score (nSPS) is 11.4. The second kappa shape index (κ2) is 15.4. The van der Waals surface area contributed by atoms with Gasteiger partial charge in [-0.1, -0.05) is 32.1 Å². The van der Waals surface area contributed by atoms with E-state index in [4.69, 9.17) is 20.1 Å². The quantitative estimate of drug-likeness (QED) is 0.230. The molecule has 0 saturated carbocycles. The van der Waals surface area contributed by atoms with Gasteiger partial charge >= 0.3 is 17.9 Å². The Hall–Kier alpha value is -3.43. The zero-order valence-corrected chi connectivity index (χ0v) is 19.4. The van der Waals surface area contributed by atoms with E-state index >= 15 is 0 Å². The average Bonchev–Trinajstić information content (AvgIpc) is 2.77. The number of ketones is 1. The zero-order chi connectivity index (χ0) is 25.5. The number of hydrogen-bond donors (Lipinski definition) is 4. The molecule has 1 amide bonds. The Morgan fingerprint density at radius 2 is 1.32 bits per heavy atom. The molecule has 34 heavy (non-hydrogen) atoms. The first kappa shape index (κ1) is 28.6. The Morgan fingerprint density at radius 3 is 1.82 bits per heavy atom. The van der Waals surface area contributed by atoms with Crippen molar-refractivity contribution in [2.75, 3.05) is 6.61 Å². The molecular weight excluding hydrogens is 446 g/mol. The molecule has 0 bridgehead atoms. The van der Waals surface area contributed by atoms with Gasteiger partial charge in [-0.3, -0.25) is 4.79 Å². The minimum atomic E-state index is -1.22. The molecule has 1 aromatic carbocycles. The molecule has 0 aliphatic heterocycles. The van der Waals surface area contributed by atoms with E-state index in [1.165, 1.54) is 19.1 Å². The molecule has 0 aliphatic rings. The largest absolute Gasteiger partial charge is 0.494 e. The van der Waals surface area contributed by atoms with Crippen molar-refractivity contribution in [2.45, 2.75) is 77.2 Å². The highest BCUT2D eigenvalue weighted by atomic mass is 16.5. The number of ether oxygens (including phenoxy) is 1. The fraction of sp³-hybridized carbons (Fsp3) is 0.542. The second-order valence-electron chi connectivity index (χ2n) is 8.13. The van der Waals surface area contributed by atoms with E-state index in [1.54, 1.807) is 0 Å². The predicted octanol–water partition coefficient (Wildman–Crippen LogP) is 3.52. The number of aromatic carboxylic acids is 2. The van der Waals surface area contributed by atoms with Crippen molar-refractivity contribution in [1.82, 2.24) is 5.32 Å². The lowest BCUT2D eigenvalue weighted by atomic mass is 10.1. The molecule has 0 heterocycles. The fourth-order valence-electron chi connectivity index (χ4n) is 3.26. The van der Waals surface area contributed by atoms with Gasteiger partial charge in [0.25, 0.3) is 0 Å². The number of benzene rings is 1. The van der Waals surface area contributed by atoms with Crippen LogP contribution in [0.25, 0.3) is 0 Å². The fourth-order valence-corrected chi connectivity index (χ4v) is 3.26. The SMILES string of the molecule is CC(=O)CC[C@H](NC(=O)CCCCCCCCCOc1cc(C(=O)O)cc(C(=O)O)c1)C(=O)O. The molecule has 188 valence electrons. The van der Waals surface area contributed by atoms with Crippen molar-refractivity contribution in [2.24, 2.45) is 0 Å². The van der Waals surface area contributed by atoms with E-state index in [0.717, 1.165) is 44.6 Å². The maximum Gasteiger partial charge on any atom is 0.335 e. The summed E-state index contributed by atoms with van der Waals surface area (Å²) >= 11 is 0. The van der Waals surface area contributed by atoms with Crippen molar-refractivity contribution >= 4 is 29.6 Å². The highest BCUT2D eigenvalue weighted by Crippen LogP contribution is 2.18. The van der Waals surface area contributed by atoms with Gasteiger partial charge in [-0.05, 0) is 44.4 Å². The van der Waals surface area contributed by atoms with E-state index in [2.05, 4.69) is 5.32 Å². The Morgan fingerprint density at radius 1 is 0.794 bits per heavy atom. The van der Waals surface area contributed by atoms with E-state index in [1.807, 2.05) is 0 Å². The molecule has 0 saturated heterocycles. The summed E-state index contributed by atoms with van der Waals surface area (Å²) < 4.78 is 5.51. The average molecular weight is 480 g/mol. The Balaban J connectivity index is 2.16. The monoisotopic (exact) mass is 479 g/mol. The smallest absolute Gasteiger partial charge is 0.335 e. The van der Waals surface area contributed by atoms with Gasteiger partial charge in [-0.25, -0.2) is 14.4 Å². The Labute approximate surface area is 198 Å². The topological polar surface area (TPSA) is 167 Å². The highest BCUT2D eigenvalue weighted by molar-refractivity contribution is 5.94. The van der Waals surface area contributed by atoms with Crippen LogP contribution in [0.4, 0.5) is 0 Å². The third kappa shape index (κ3) is 12.0. The maximum atomic E-state index is 11.9. The van der Waals surface area contributed by atoms with Crippen LogP contribution >= 0.6 is 0 Å². The summed E-state index contributed by atoms with van der Waals surface area (Å²) in [7, 11) is 0. The van der Waals surface area contributed by atoms with Gasteiger partial charge in [-0.15, -0.1) is 0 Å². The molecule has 4 N–H and O–H groups in total. The van der Waals surface area contributed by atoms with Crippen LogP contribution in [0.5, 0.6) is 5.75 Å². The van der Waals surface area contributed by atoms with Crippen molar-refractivity contribution in [1.29, 1.82) is 0 Å². The van der Waals surface area contributed by atoms with E-state index in [9.17, 15) is 24.0 Å². The van der Waals surface area contributed by atoms with Gasteiger partial charge in [0.1, 0.15) is 17.6 Å². The molecule has 1 rings (SSSR count). The molecule has 0 fully saturated rings. The molecular formula is C24H33NO9. The third-order valence-corrected chi connectivity index (χ3v) is 5.14. The Kier molecular flexibility index (Phi) is 13.0. The summed E-state index contributed by atoms with van der Waals surface area (Å²) in [4.78, 5) is 56.3. The van der Waals surface area contributed by atoms with Crippen molar-refractivity contribution < 1.29 is 44.0 Å². The van der Waals surface area contributed by atoms with Crippen LogP contribution in [-0.2, 0) is 14.4 Å². The number of carboxylic acid groups (broad SMARTS) is 3. The van der Waals surface area contributed by atoms with Crippen LogP contribution in [0.2, 0.25) is 0 Å². The molecule has 0 radical (unpaired) electrons. The molecule has 1 atom stereocenters. The van der Waals surface area contributed by atoms with E-state index < -0.39 is 23.9 Å². The minimum Gasteiger partial charge on any atom is -0.494 e. The number of Topliss-reactive ketones (excluding diaryl/α,β-unsaturated/α-hetero) is 1. The summed E-state index contributed by atoms with van der Waals surface area (Å²) in [6, 6.07) is 2.64. The molecule has 10 heteroatoms. The molecule has 0 spiro atoms. The number of rotatable bonds is 18. The van der Waals surface area contributed by atoms with Crippen LogP contribution < -0.4 is 10.1 Å². The van der Waals surface area contributed by atoms with Crippen LogP contribution in [0.1, 0.15) is 91.8 Å². The number of hydrogen-bond acceptors (Lipinski definition) is 6. The first-order valence-electron chi connectivity index (χ1n) is 11.4. The summed E-state index contributed by atoms with van der Waals surface area (Å²) in [5.41, 5.74) is -0.281. The highest BCUT2D eigenvalue weighted by Gasteiger charge is 2.19. The number of carboxylic acids is 3. The van der Waals surface area contributed by atoms with Crippen LogP contribution in [0.15, 0.2) is 18.2 Å². The molecule has 0 unspecified atom stereocenters. The number of carbonyl (C=O) groups excluding carboxylic acids is 2. The van der Waals surface area contributed by atoms with Crippen molar-refractivity contribution in [3.05, 3.63) is 29.3 Å². The van der Waals surface area contributed by atoms with Gasteiger partial charge in [-0.2, -0.15) is 0 Å². The first-order chi connectivity index (χ1) is 16.1. The lowest BCUT2D eigenvalue weighted by molar-refractivity contribution is -0.142. The minimum absolute atomic E-state index is 0.0891. The number of amides is 1. The molecule has 1 aromatic rings. The predicted molar refractivity (Wildman–Crippen MR) is 122 cm³/mol. The molecule has 10 nitrogen and oxygen atoms in total. The zero-order valence-electron chi connectivity index (χ0n) is 19.4. The number of aliphatic carboxylic acids is 1. The standard InChI is InChI=1S/C24H33NO9/c1-16(26)10-11-20(24(32)33)25-21(27)9-7-5-3-2-4-6-8-12-34-19-14-17(22(28)29)13-18(15-19)23(30)31/h13-15,20H,2-12H2,1H3,(H,25,27)(H,28,29)(H,30,31)(H,32,33)/t20-/m0/s1. The summed E-state index contributed by atoms with van der Waals surface area (Å²) in [6.07, 6.45) is 6.42. The summed E-state index contributed by atoms with van der Waals surface area (Å²) in [5, 5.41) is 29.7. The third-order valence-electron chi connectivity index (χ3n) is 5.14. The summed E-state index contributed by atoms with van der Waals surface area (Å²) in [5.74, 6) is -3.82. The lowest BCUT2D eigenvalue weighted by Crippen LogP contribution is -2.40. The lowest BCUT2D eigenvalue weighted by Gasteiger charge is -2.13. The first-order valence-corrected chi connectivity index (χ1v) is 11.4. The van der Waals surface area contributed by atoms with Gasteiger partial charge < -0.3 is 30.2 Å². The maximum absolute atomic E-state index is 11.9. The van der Waals surface area contributed by atoms with Gasteiger partial charge in [0.2, 0.25) is 5.91 Å².